The summed E-state index contributed by atoms with van der Waals surface area (Å²) >= 11 is 1.32. The number of hydrogen-bond donors (Lipinski definition) is 1. The topological polar surface area (TPSA) is 71.8 Å². The van der Waals surface area contributed by atoms with E-state index < -0.39 is 0 Å². The second-order valence-electron chi connectivity index (χ2n) is 3.99. The lowest BCUT2D eigenvalue weighted by atomic mass is 10.1. The molecule has 2 aromatic rings. The maximum absolute atomic E-state index is 11.8. The van der Waals surface area contributed by atoms with Crippen LogP contribution < -0.4 is 0 Å². The summed E-state index contributed by atoms with van der Waals surface area (Å²) in [5, 5.41) is 7.38. The first-order valence-corrected chi connectivity index (χ1v) is 6.78. The number of aromatic amines is 1. The number of hydrogen-bond acceptors (Lipinski definition) is 5. The average molecular weight is 273 g/mol. The van der Waals surface area contributed by atoms with Gasteiger partial charge in [-0.15, -0.1) is 5.10 Å². The number of carbonyl (C=O) groups excluding carboxylic acids is 1. The molecule has 0 aliphatic heterocycles. The molecule has 19 heavy (non-hydrogen) atoms. The molecule has 2 heterocycles. The molecular formula is C13H11N3O2S. The van der Waals surface area contributed by atoms with Crippen LogP contribution in [0, 0.1) is 5.92 Å². The van der Waals surface area contributed by atoms with Gasteiger partial charge in [-0.05, 0) is 12.1 Å². The van der Waals surface area contributed by atoms with E-state index in [1.165, 1.54) is 11.8 Å². The molecule has 0 saturated carbocycles. The molecule has 6 heteroatoms. The van der Waals surface area contributed by atoms with Crippen molar-refractivity contribution in [3.63, 3.8) is 0 Å². The zero-order valence-corrected chi connectivity index (χ0v) is 10.8. The van der Waals surface area contributed by atoms with Crippen LogP contribution in [0.3, 0.4) is 0 Å². The second-order valence-corrected chi connectivity index (χ2v) is 4.94. The van der Waals surface area contributed by atoms with E-state index in [0.29, 0.717) is 22.5 Å². The summed E-state index contributed by atoms with van der Waals surface area (Å²) in [6.07, 6.45) is 9.11. The minimum atomic E-state index is -0.101. The van der Waals surface area contributed by atoms with E-state index in [4.69, 9.17) is 4.42 Å². The number of rotatable bonds is 5. The third-order valence-corrected chi connectivity index (χ3v) is 3.55. The van der Waals surface area contributed by atoms with Crippen LogP contribution in [-0.2, 0) is 4.79 Å². The fourth-order valence-electron chi connectivity index (χ4n) is 1.71. The molecule has 0 radical (unpaired) electrons. The largest absolute Gasteiger partial charge is 0.461 e. The Labute approximate surface area is 113 Å². The van der Waals surface area contributed by atoms with Crippen molar-refractivity contribution in [3.8, 4) is 11.6 Å². The smallest absolute Gasteiger partial charge is 0.209 e. The lowest BCUT2D eigenvalue weighted by Crippen LogP contribution is -2.10. The van der Waals surface area contributed by atoms with Gasteiger partial charge < -0.3 is 4.42 Å². The van der Waals surface area contributed by atoms with Crippen molar-refractivity contribution in [1.82, 2.24) is 15.2 Å². The molecule has 0 bridgehead atoms. The van der Waals surface area contributed by atoms with Gasteiger partial charge in [-0.25, -0.2) is 0 Å². The molecule has 1 aliphatic carbocycles. The van der Waals surface area contributed by atoms with Gasteiger partial charge in [-0.1, -0.05) is 36.1 Å². The molecule has 1 N–H and O–H groups in total. The summed E-state index contributed by atoms with van der Waals surface area (Å²) < 4.78 is 5.21. The molecule has 0 spiro atoms. The third kappa shape index (κ3) is 2.68. The normalized spacial score (nSPS) is 14.3. The summed E-state index contributed by atoms with van der Waals surface area (Å²) in [6.45, 7) is 0. The number of ketones is 1. The molecule has 5 nitrogen and oxygen atoms in total. The SMILES string of the molecule is O=C(CSc1n[nH]c(-c2ccco2)n1)C1C=CC=C1. The van der Waals surface area contributed by atoms with Gasteiger partial charge >= 0.3 is 0 Å². The molecule has 2 aromatic heterocycles. The first kappa shape index (κ1) is 12.0. The Bertz CT molecular complexity index is 616. The van der Waals surface area contributed by atoms with Crippen molar-refractivity contribution in [3.05, 3.63) is 42.7 Å². The first-order valence-electron chi connectivity index (χ1n) is 5.80. The summed E-state index contributed by atoms with van der Waals surface area (Å²) in [6, 6.07) is 3.58. The van der Waals surface area contributed by atoms with Crippen LogP contribution in [0.15, 0.2) is 52.3 Å². The van der Waals surface area contributed by atoms with Crippen molar-refractivity contribution in [2.24, 2.45) is 5.92 Å². The van der Waals surface area contributed by atoms with Crippen molar-refractivity contribution in [1.29, 1.82) is 0 Å². The molecule has 0 unspecified atom stereocenters. The van der Waals surface area contributed by atoms with Gasteiger partial charge in [0.05, 0.1) is 17.9 Å². The molecule has 0 aromatic carbocycles. The highest BCUT2D eigenvalue weighted by atomic mass is 32.2. The summed E-state index contributed by atoms with van der Waals surface area (Å²) in [4.78, 5) is 16.1. The number of nitrogens with one attached hydrogen (secondary N) is 1. The van der Waals surface area contributed by atoms with Crippen LogP contribution in [0.25, 0.3) is 11.6 Å². The van der Waals surface area contributed by atoms with Crippen LogP contribution in [-0.4, -0.2) is 26.7 Å². The van der Waals surface area contributed by atoms with Crippen LogP contribution in [0.5, 0.6) is 0 Å². The van der Waals surface area contributed by atoms with Crippen LogP contribution in [0.4, 0.5) is 0 Å². The number of allylic oxidation sites excluding steroid dienone is 4. The van der Waals surface area contributed by atoms with E-state index in [9.17, 15) is 4.79 Å². The Hall–Kier alpha value is -2.08. The molecule has 0 saturated heterocycles. The molecule has 96 valence electrons. The fraction of sp³-hybridized carbons (Fsp3) is 0.154. The predicted molar refractivity (Wildman–Crippen MR) is 71.6 cm³/mol. The van der Waals surface area contributed by atoms with Gasteiger partial charge in [0, 0.05) is 0 Å². The monoisotopic (exact) mass is 273 g/mol. The highest BCUT2D eigenvalue weighted by Crippen LogP contribution is 2.21. The third-order valence-electron chi connectivity index (χ3n) is 2.68. The van der Waals surface area contributed by atoms with Crippen LogP contribution >= 0.6 is 11.8 Å². The average Bonchev–Trinajstić information content (AvgIpc) is 3.14. The highest BCUT2D eigenvalue weighted by Gasteiger charge is 2.16. The number of thioether (sulfide) groups is 1. The zero-order chi connectivity index (χ0) is 13.1. The minimum Gasteiger partial charge on any atom is -0.461 e. The molecule has 0 atom stereocenters. The van der Waals surface area contributed by atoms with Crippen molar-refractivity contribution < 1.29 is 9.21 Å². The Kier molecular flexibility index (Phi) is 3.33. The Morgan fingerprint density at radius 3 is 3.00 bits per heavy atom. The minimum absolute atomic E-state index is 0.101. The number of carbonyl (C=O) groups is 1. The van der Waals surface area contributed by atoms with Gasteiger partial charge in [0.25, 0.3) is 0 Å². The van der Waals surface area contributed by atoms with Crippen LogP contribution in [0.2, 0.25) is 0 Å². The summed E-state index contributed by atoms with van der Waals surface area (Å²) in [5.41, 5.74) is 0. The van der Waals surface area contributed by atoms with E-state index in [1.54, 1.807) is 18.4 Å². The fourth-order valence-corrected chi connectivity index (χ4v) is 2.44. The van der Waals surface area contributed by atoms with Gasteiger partial charge in [0.15, 0.2) is 17.4 Å². The summed E-state index contributed by atoms with van der Waals surface area (Å²) in [5.74, 6) is 1.61. The van der Waals surface area contributed by atoms with Crippen molar-refractivity contribution >= 4 is 17.5 Å². The molecule has 0 fully saturated rings. The second kappa shape index (κ2) is 5.27. The quantitative estimate of drug-likeness (QED) is 0.847. The summed E-state index contributed by atoms with van der Waals surface area (Å²) in [7, 11) is 0. The maximum Gasteiger partial charge on any atom is 0.209 e. The molecular weight excluding hydrogens is 262 g/mol. The van der Waals surface area contributed by atoms with Gasteiger partial charge in [-0.3, -0.25) is 9.89 Å². The van der Waals surface area contributed by atoms with E-state index in [-0.39, 0.29) is 11.7 Å². The molecule has 1 aliphatic rings. The molecule has 3 rings (SSSR count). The van der Waals surface area contributed by atoms with Gasteiger partial charge in [0.1, 0.15) is 0 Å². The number of nitrogens with zero attached hydrogens (tertiary/aromatic N) is 2. The highest BCUT2D eigenvalue weighted by molar-refractivity contribution is 7.99. The molecule has 0 amide bonds. The Morgan fingerprint density at radius 1 is 1.42 bits per heavy atom. The zero-order valence-electron chi connectivity index (χ0n) is 9.95. The number of aromatic nitrogens is 3. The lowest BCUT2D eigenvalue weighted by Gasteiger charge is -2.01. The van der Waals surface area contributed by atoms with E-state index >= 15 is 0 Å². The van der Waals surface area contributed by atoms with Crippen LogP contribution in [0.1, 0.15) is 0 Å². The van der Waals surface area contributed by atoms with Crippen molar-refractivity contribution in [2.75, 3.05) is 5.75 Å². The standard InChI is InChI=1S/C13H11N3O2S/c17-10(9-4-1-2-5-9)8-19-13-14-12(15-16-13)11-6-3-7-18-11/h1-7,9H,8H2,(H,14,15,16). The first-order chi connectivity index (χ1) is 9.33. The lowest BCUT2D eigenvalue weighted by molar-refractivity contribution is -0.117. The van der Waals surface area contributed by atoms with E-state index in [0.717, 1.165) is 0 Å². The van der Waals surface area contributed by atoms with E-state index in [1.807, 2.05) is 24.3 Å². The number of furan rings is 1. The van der Waals surface area contributed by atoms with Crippen molar-refractivity contribution in [2.45, 2.75) is 5.16 Å². The predicted octanol–water partition coefficient (Wildman–Crippen LogP) is 2.47. The number of Topliss-reactive ketones (excluding diaryl/α,β-unsaturated/α-hetero) is 1. The van der Waals surface area contributed by atoms with Gasteiger partial charge in [0.2, 0.25) is 5.16 Å². The maximum atomic E-state index is 11.8. The Morgan fingerprint density at radius 2 is 2.26 bits per heavy atom. The Balaban J connectivity index is 1.60. The van der Waals surface area contributed by atoms with Gasteiger partial charge in [-0.2, -0.15) is 4.98 Å². The van der Waals surface area contributed by atoms with E-state index in [2.05, 4.69) is 15.2 Å². The number of H-pyrrole nitrogens is 1.